The molecule has 7 heteroatoms. The third-order valence-corrected chi connectivity index (χ3v) is 7.84. The molecule has 0 bridgehead atoms. The van der Waals surface area contributed by atoms with Crippen LogP contribution in [0.3, 0.4) is 0 Å². The lowest BCUT2D eigenvalue weighted by Gasteiger charge is -2.29. The number of hydrogen-bond donors (Lipinski definition) is 0. The van der Waals surface area contributed by atoms with E-state index in [2.05, 4.69) is 16.2 Å². The molecule has 0 N–H and O–H groups in total. The molecule has 1 amide bonds. The summed E-state index contributed by atoms with van der Waals surface area (Å²) in [4.78, 5) is 22.3. The number of rotatable bonds is 4. The van der Waals surface area contributed by atoms with Crippen LogP contribution >= 0.6 is 23.4 Å². The number of aromatic nitrogens is 2. The lowest BCUT2D eigenvalue weighted by atomic mass is 10.1. The summed E-state index contributed by atoms with van der Waals surface area (Å²) < 4.78 is 5.53. The Balaban J connectivity index is 1.36. The molecular weight excluding hydrogens is 466 g/mol. The fourth-order valence-corrected chi connectivity index (χ4v) is 6.00. The minimum Gasteiger partial charge on any atom is -0.339 e. The van der Waals surface area contributed by atoms with Crippen molar-refractivity contribution in [1.29, 1.82) is 0 Å². The van der Waals surface area contributed by atoms with Crippen molar-refractivity contribution >= 4 is 35.0 Å². The van der Waals surface area contributed by atoms with Gasteiger partial charge in [0, 0.05) is 26.4 Å². The van der Waals surface area contributed by atoms with Gasteiger partial charge in [-0.05, 0) is 60.9 Å². The summed E-state index contributed by atoms with van der Waals surface area (Å²) in [6, 6.07) is 21.8. The highest BCUT2D eigenvalue weighted by Gasteiger charge is 2.34. The second kappa shape index (κ2) is 8.93. The van der Waals surface area contributed by atoms with Crippen molar-refractivity contribution in [3.8, 4) is 11.4 Å². The van der Waals surface area contributed by atoms with Crippen molar-refractivity contribution in [3.63, 3.8) is 0 Å². The van der Waals surface area contributed by atoms with Gasteiger partial charge >= 0.3 is 0 Å². The summed E-state index contributed by atoms with van der Waals surface area (Å²) >= 11 is 7.61. The molecule has 1 aromatic heterocycles. The van der Waals surface area contributed by atoms with E-state index >= 15 is 0 Å². The second-order valence-electron chi connectivity index (χ2n) is 8.71. The van der Waals surface area contributed by atoms with Crippen LogP contribution in [0, 0.1) is 0 Å². The SMILES string of the molecule is O=C1c2ccccc2Sc2cc(-c3noc(Cc4ccc(Cl)cc4)n3)ccc2N1C1CCCC1. The van der Waals surface area contributed by atoms with E-state index in [0.29, 0.717) is 23.2 Å². The number of anilines is 1. The highest BCUT2D eigenvalue weighted by Crippen LogP contribution is 2.45. The highest BCUT2D eigenvalue weighted by molar-refractivity contribution is 7.99. The number of hydrogen-bond acceptors (Lipinski definition) is 5. The van der Waals surface area contributed by atoms with E-state index in [-0.39, 0.29) is 11.9 Å². The lowest BCUT2D eigenvalue weighted by Crippen LogP contribution is -2.39. The largest absolute Gasteiger partial charge is 0.339 e. The Bertz CT molecular complexity index is 1360. The number of benzene rings is 3. The van der Waals surface area contributed by atoms with Crippen LogP contribution in [0.4, 0.5) is 5.69 Å². The van der Waals surface area contributed by atoms with Crippen LogP contribution < -0.4 is 4.90 Å². The molecule has 1 saturated carbocycles. The third-order valence-electron chi connectivity index (χ3n) is 6.46. The summed E-state index contributed by atoms with van der Waals surface area (Å²) in [5, 5.41) is 4.92. The van der Waals surface area contributed by atoms with Crippen LogP contribution in [-0.4, -0.2) is 22.1 Å². The normalized spacial score (nSPS) is 15.8. The Morgan fingerprint density at radius 2 is 1.79 bits per heavy atom. The zero-order valence-electron chi connectivity index (χ0n) is 18.4. The van der Waals surface area contributed by atoms with Crippen molar-refractivity contribution < 1.29 is 9.32 Å². The summed E-state index contributed by atoms with van der Waals surface area (Å²) in [6.45, 7) is 0. The molecule has 0 spiro atoms. The van der Waals surface area contributed by atoms with E-state index in [9.17, 15) is 4.79 Å². The first-order chi connectivity index (χ1) is 16.7. The predicted octanol–water partition coefficient (Wildman–Crippen LogP) is 7.03. The maximum atomic E-state index is 13.6. The van der Waals surface area contributed by atoms with Crippen LogP contribution in [0.5, 0.6) is 0 Å². The average molecular weight is 488 g/mol. The van der Waals surface area contributed by atoms with E-state index in [1.54, 1.807) is 11.8 Å². The molecule has 2 aliphatic rings. The van der Waals surface area contributed by atoms with Gasteiger partial charge in [-0.15, -0.1) is 0 Å². The molecule has 6 rings (SSSR count). The topological polar surface area (TPSA) is 59.2 Å². The Morgan fingerprint density at radius 1 is 1.00 bits per heavy atom. The first-order valence-corrected chi connectivity index (χ1v) is 12.7. The maximum Gasteiger partial charge on any atom is 0.259 e. The molecule has 170 valence electrons. The van der Waals surface area contributed by atoms with Gasteiger partial charge in [-0.1, -0.05) is 65.6 Å². The quantitative estimate of drug-likeness (QED) is 0.309. The van der Waals surface area contributed by atoms with Gasteiger partial charge in [-0.2, -0.15) is 4.98 Å². The minimum atomic E-state index is 0.0892. The van der Waals surface area contributed by atoms with Crippen LogP contribution in [0.2, 0.25) is 5.02 Å². The van der Waals surface area contributed by atoms with E-state index in [1.807, 2.05) is 65.6 Å². The molecule has 1 aliphatic carbocycles. The standard InChI is InChI=1S/C27H22ClN3O2S/c28-19-12-9-17(10-13-19)15-25-29-26(30-33-25)18-11-14-22-24(16-18)34-23-8-4-3-7-21(23)27(32)31(22)20-5-1-2-6-20/h3-4,7-14,16,20H,1-2,5-6,15H2. The van der Waals surface area contributed by atoms with E-state index in [1.165, 1.54) is 0 Å². The van der Waals surface area contributed by atoms with Crippen LogP contribution in [0.25, 0.3) is 11.4 Å². The second-order valence-corrected chi connectivity index (χ2v) is 10.2. The van der Waals surface area contributed by atoms with Gasteiger partial charge < -0.3 is 9.42 Å². The fourth-order valence-electron chi connectivity index (χ4n) is 4.77. The number of fused-ring (bicyclic) bond motifs is 2. The molecule has 3 aromatic carbocycles. The van der Waals surface area contributed by atoms with Crippen molar-refractivity contribution in [2.45, 2.75) is 47.9 Å². The van der Waals surface area contributed by atoms with E-state index < -0.39 is 0 Å². The lowest BCUT2D eigenvalue weighted by molar-refractivity contribution is 0.0974. The zero-order chi connectivity index (χ0) is 23.1. The van der Waals surface area contributed by atoms with Gasteiger partial charge in [0.05, 0.1) is 17.7 Å². The number of nitrogens with zero attached hydrogens (tertiary/aromatic N) is 3. The molecule has 5 nitrogen and oxygen atoms in total. The van der Waals surface area contributed by atoms with Crippen LogP contribution in [-0.2, 0) is 6.42 Å². The predicted molar refractivity (Wildman–Crippen MR) is 134 cm³/mol. The van der Waals surface area contributed by atoms with Crippen molar-refractivity contribution in [3.05, 3.63) is 88.8 Å². The number of amides is 1. The Morgan fingerprint density at radius 3 is 2.62 bits per heavy atom. The molecule has 1 fully saturated rings. The molecule has 0 saturated heterocycles. The van der Waals surface area contributed by atoms with Gasteiger partial charge in [-0.25, -0.2) is 0 Å². The average Bonchev–Trinajstić information content (AvgIpc) is 3.53. The summed E-state index contributed by atoms with van der Waals surface area (Å²) in [5.41, 5.74) is 3.66. The molecule has 34 heavy (non-hydrogen) atoms. The minimum absolute atomic E-state index is 0.0892. The maximum absolute atomic E-state index is 13.6. The zero-order valence-corrected chi connectivity index (χ0v) is 20.0. The number of carbonyl (C=O) groups excluding carboxylic acids is 1. The van der Waals surface area contributed by atoms with Crippen molar-refractivity contribution in [1.82, 2.24) is 10.1 Å². The monoisotopic (exact) mass is 487 g/mol. The van der Waals surface area contributed by atoms with Gasteiger partial charge in [0.25, 0.3) is 5.91 Å². The number of halogens is 1. The van der Waals surface area contributed by atoms with Crippen LogP contribution in [0.1, 0.15) is 47.5 Å². The molecule has 0 atom stereocenters. The Hall–Kier alpha value is -3.09. The molecule has 1 aliphatic heterocycles. The fraction of sp³-hybridized carbons (Fsp3) is 0.222. The Labute approximate surface area is 207 Å². The van der Waals surface area contributed by atoms with E-state index in [0.717, 1.165) is 57.9 Å². The first kappa shape index (κ1) is 21.4. The third kappa shape index (κ3) is 4.01. The van der Waals surface area contributed by atoms with Gasteiger partial charge in [0.2, 0.25) is 11.7 Å². The Kier molecular flexibility index (Phi) is 5.63. The number of carbonyl (C=O) groups is 1. The molecule has 4 aromatic rings. The summed E-state index contributed by atoms with van der Waals surface area (Å²) in [7, 11) is 0. The van der Waals surface area contributed by atoms with Crippen LogP contribution in [0.15, 0.2) is 81.0 Å². The molecule has 0 unspecified atom stereocenters. The van der Waals surface area contributed by atoms with Crippen molar-refractivity contribution in [2.75, 3.05) is 4.90 Å². The summed E-state index contributed by atoms with van der Waals surface area (Å²) in [5.74, 6) is 1.18. The molecule has 0 radical (unpaired) electrons. The smallest absolute Gasteiger partial charge is 0.259 e. The van der Waals surface area contributed by atoms with Crippen molar-refractivity contribution in [2.24, 2.45) is 0 Å². The summed E-state index contributed by atoms with van der Waals surface area (Å²) in [6.07, 6.45) is 4.95. The molecule has 2 heterocycles. The molecular formula is C27H22ClN3O2S. The van der Waals surface area contributed by atoms with E-state index in [4.69, 9.17) is 16.1 Å². The highest BCUT2D eigenvalue weighted by atomic mass is 35.5. The van der Waals surface area contributed by atoms with Gasteiger partial charge in [0.1, 0.15) is 0 Å². The van der Waals surface area contributed by atoms with Gasteiger partial charge in [0.15, 0.2) is 0 Å². The van der Waals surface area contributed by atoms with Gasteiger partial charge in [-0.3, -0.25) is 4.79 Å². The first-order valence-electron chi connectivity index (χ1n) is 11.5.